The van der Waals surface area contributed by atoms with Crippen LogP contribution in [0.4, 0.5) is 5.69 Å². The summed E-state index contributed by atoms with van der Waals surface area (Å²) < 4.78 is 5.90. The van der Waals surface area contributed by atoms with E-state index in [1.165, 1.54) is 61.1 Å². The predicted molar refractivity (Wildman–Crippen MR) is 125 cm³/mol. The lowest BCUT2D eigenvalue weighted by molar-refractivity contribution is -0.00524. The fourth-order valence-electron chi connectivity index (χ4n) is 4.99. The Hall–Kier alpha value is -0.670. The van der Waals surface area contributed by atoms with Crippen LogP contribution in [0.1, 0.15) is 70.9 Å². The van der Waals surface area contributed by atoms with Crippen LogP contribution in [0.2, 0.25) is 0 Å². The standard InChI is InChI=1S/C25H41NOS/c1-18(2)28-17-24-10-7-22(8-11-24)6-9-23-12-13-25(19(3)14-23)26-15-20(4)27-21(5)16-26/h12-14,18,20-22,24H,6-11,15-17H2,1-5H3/t20-,21+,22?,24?. The lowest BCUT2D eigenvalue weighted by Crippen LogP contribution is -2.45. The third-order valence-electron chi connectivity index (χ3n) is 6.49. The Morgan fingerprint density at radius 3 is 2.29 bits per heavy atom. The normalized spacial score (nSPS) is 28.7. The van der Waals surface area contributed by atoms with Crippen molar-refractivity contribution in [3.8, 4) is 0 Å². The minimum Gasteiger partial charge on any atom is -0.372 e. The van der Waals surface area contributed by atoms with E-state index in [4.69, 9.17) is 4.74 Å². The van der Waals surface area contributed by atoms with Crippen LogP contribution >= 0.6 is 11.8 Å². The molecule has 3 heteroatoms. The molecule has 1 saturated carbocycles. The van der Waals surface area contributed by atoms with E-state index in [1.807, 2.05) is 0 Å². The van der Waals surface area contributed by atoms with E-state index < -0.39 is 0 Å². The second-order valence-electron chi connectivity index (χ2n) is 9.59. The average molecular weight is 404 g/mol. The van der Waals surface area contributed by atoms with Gasteiger partial charge in [-0.25, -0.2) is 0 Å². The Morgan fingerprint density at radius 2 is 1.68 bits per heavy atom. The molecule has 1 aromatic carbocycles. The third kappa shape index (κ3) is 6.42. The molecular formula is C25H41NOS. The van der Waals surface area contributed by atoms with E-state index in [0.717, 1.165) is 30.2 Å². The van der Waals surface area contributed by atoms with Gasteiger partial charge in [-0.3, -0.25) is 0 Å². The first-order chi connectivity index (χ1) is 13.4. The van der Waals surface area contributed by atoms with E-state index in [-0.39, 0.29) is 0 Å². The number of benzene rings is 1. The maximum atomic E-state index is 5.90. The van der Waals surface area contributed by atoms with Crippen LogP contribution in [0.25, 0.3) is 0 Å². The summed E-state index contributed by atoms with van der Waals surface area (Å²) in [6, 6.07) is 7.17. The highest BCUT2D eigenvalue weighted by molar-refractivity contribution is 7.99. The largest absolute Gasteiger partial charge is 0.372 e. The van der Waals surface area contributed by atoms with Gasteiger partial charge < -0.3 is 9.64 Å². The van der Waals surface area contributed by atoms with Crippen molar-refractivity contribution in [3.05, 3.63) is 29.3 Å². The second-order valence-corrected chi connectivity index (χ2v) is 11.2. The number of nitrogens with zero attached hydrogens (tertiary/aromatic N) is 1. The fraction of sp³-hybridized carbons (Fsp3) is 0.760. The minimum absolute atomic E-state index is 0.317. The number of rotatable bonds is 7. The molecule has 158 valence electrons. The highest BCUT2D eigenvalue weighted by Crippen LogP contribution is 2.34. The molecule has 3 rings (SSSR count). The molecule has 1 aliphatic carbocycles. The fourth-order valence-corrected chi connectivity index (χ4v) is 5.98. The molecule has 0 aromatic heterocycles. The lowest BCUT2D eigenvalue weighted by atomic mass is 9.80. The van der Waals surface area contributed by atoms with Gasteiger partial charge >= 0.3 is 0 Å². The first kappa shape index (κ1) is 22.0. The Bertz CT molecular complexity index is 599. The Balaban J connectivity index is 1.46. The summed E-state index contributed by atoms with van der Waals surface area (Å²) in [7, 11) is 0. The van der Waals surface area contributed by atoms with Crippen molar-refractivity contribution in [2.75, 3.05) is 23.7 Å². The summed E-state index contributed by atoms with van der Waals surface area (Å²) in [4.78, 5) is 2.51. The van der Waals surface area contributed by atoms with Crippen molar-refractivity contribution in [1.29, 1.82) is 0 Å². The number of morpholine rings is 1. The summed E-state index contributed by atoms with van der Waals surface area (Å²) in [5.74, 6) is 3.30. The van der Waals surface area contributed by atoms with Crippen molar-refractivity contribution in [2.24, 2.45) is 11.8 Å². The lowest BCUT2D eigenvalue weighted by Gasteiger charge is -2.37. The van der Waals surface area contributed by atoms with Gasteiger partial charge in [0.2, 0.25) is 0 Å². The van der Waals surface area contributed by atoms with Gasteiger partial charge in [0.25, 0.3) is 0 Å². The Kier molecular flexibility index (Phi) is 8.17. The average Bonchev–Trinajstić information content (AvgIpc) is 2.64. The van der Waals surface area contributed by atoms with Gasteiger partial charge in [-0.1, -0.05) is 38.8 Å². The molecular weight excluding hydrogens is 362 g/mol. The van der Waals surface area contributed by atoms with Gasteiger partial charge in [-0.15, -0.1) is 0 Å². The van der Waals surface area contributed by atoms with Crippen LogP contribution in [0.5, 0.6) is 0 Å². The number of ether oxygens (including phenoxy) is 1. The number of thioether (sulfide) groups is 1. The quantitative estimate of drug-likeness (QED) is 0.516. The molecule has 28 heavy (non-hydrogen) atoms. The smallest absolute Gasteiger partial charge is 0.0726 e. The molecule has 1 aliphatic heterocycles. The highest BCUT2D eigenvalue weighted by atomic mass is 32.2. The van der Waals surface area contributed by atoms with E-state index in [2.05, 4.69) is 69.5 Å². The molecule has 2 atom stereocenters. The highest BCUT2D eigenvalue weighted by Gasteiger charge is 2.24. The van der Waals surface area contributed by atoms with Gasteiger partial charge in [0.1, 0.15) is 0 Å². The zero-order chi connectivity index (χ0) is 20.1. The van der Waals surface area contributed by atoms with E-state index in [0.29, 0.717) is 12.2 Å². The number of hydrogen-bond donors (Lipinski definition) is 0. The van der Waals surface area contributed by atoms with Gasteiger partial charge in [-0.2, -0.15) is 11.8 Å². The topological polar surface area (TPSA) is 12.5 Å². The molecule has 0 radical (unpaired) electrons. The van der Waals surface area contributed by atoms with Crippen molar-refractivity contribution in [3.63, 3.8) is 0 Å². The number of aryl methyl sites for hydroxylation is 2. The Morgan fingerprint density at radius 1 is 1.04 bits per heavy atom. The molecule has 2 nitrogen and oxygen atoms in total. The van der Waals surface area contributed by atoms with Gasteiger partial charge in [0, 0.05) is 18.8 Å². The first-order valence-electron chi connectivity index (χ1n) is 11.5. The molecule has 1 aromatic rings. The van der Waals surface area contributed by atoms with Crippen molar-refractivity contribution in [2.45, 2.75) is 90.6 Å². The first-order valence-corrected chi connectivity index (χ1v) is 12.6. The zero-order valence-electron chi connectivity index (χ0n) is 18.7. The van der Waals surface area contributed by atoms with Crippen LogP contribution < -0.4 is 4.90 Å². The van der Waals surface area contributed by atoms with E-state index in [9.17, 15) is 0 Å². The molecule has 0 spiro atoms. The molecule has 0 bridgehead atoms. The predicted octanol–water partition coefficient (Wildman–Crippen LogP) is 6.49. The SMILES string of the molecule is Cc1cc(CCC2CCC(CSC(C)C)CC2)ccc1N1C[C@@H](C)O[C@@H](C)C1. The van der Waals surface area contributed by atoms with E-state index in [1.54, 1.807) is 0 Å². The summed E-state index contributed by atoms with van der Waals surface area (Å²) in [5, 5.41) is 0.785. The van der Waals surface area contributed by atoms with Crippen molar-refractivity contribution in [1.82, 2.24) is 0 Å². The van der Waals surface area contributed by atoms with Crippen LogP contribution in [0.15, 0.2) is 18.2 Å². The Labute approximate surface area is 177 Å². The third-order valence-corrected chi connectivity index (χ3v) is 7.82. The molecule has 0 amide bonds. The second kappa shape index (κ2) is 10.4. The summed E-state index contributed by atoms with van der Waals surface area (Å²) >= 11 is 2.15. The summed E-state index contributed by atoms with van der Waals surface area (Å²) in [5.41, 5.74) is 4.34. The summed E-state index contributed by atoms with van der Waals surface area (Å²) in [6.07, 6.45) is 9.05. The molecule has 1 saturated heterocycles. The van der Waals surface area contributed by atoms with Crippen molar-refractivity contribution < 1.29 is 4.74 Å². The monoisotopic (exact) mass is 403 g/mol. The van der Waals surface area contributed by atoms with Crippen LogP contribution in [0.3, 0.4) is 0 Å². The van der Waals surface area contributed by atoms with Gasteiger partial charge in [0.15, 0.2) is 0 Å². The number of anilines is 1. The zero-order valence-corrected chi connectivity index (χ0v) is 19.6. The van der Waals surface area contributed by atoms with Crippen LogP contribution in [-0.2, 0) is 11.2 Å². The maximum Gasteiger partial charge on any atom is 0.0726 e. The van der Waals surface area contributed by atoms with E-state index >= 15 is 0 Å². The van der Waals surface area contributed by atoms with Gasteiger partial charge in [0.05, 0.1) is 12.2 Å². The van der Waals surface area contributed by atoms with Gasteiger partial charge in [-0.05, 0) is 86.5 Å². The number of hydrogen-bond acceptors (Lipinski definition) is 3. The maximum absolute atomic E-state index is 5.90. The van der Waals surface area contributed by atoms with Crippen LogP contribution in [-0.4, -0.2) is 36.3 Å². The molecule has 2 fully saturated rings. The van der Waals surface area contributed by atoms with Crippen LogP contribution in [0, 0.1) is 18.8 Å². The molecule has 1 heterocycles. The molecule has 0 unspecified atom stereocenters. The van der Waals surface area contributed by atoms with Crippen molar-refractivity contribution >= 4 is 17.4 Å². The minimum atomic E-state index is 0.317. The molecule has 2 aliphatic rings. The molecule has 0 N–H and O–H groups in total. The summed E-state index contributed by atoms with van der Waals surface area (Å²) in [6.45, 7) is 13.3.